The molecule has 0 amide bonds. The van der Waals surface area contributed by atoms with Gasteiger partial charge in [-0.05, 0) is 31.2 Å². The summed E-state index contributed by atoms with van der Waals surface area (Å²) in [5, 5.41) is 23.7. The summed E-state index contributed by atoms with van der Waals surface area (Å²) >= 11 is 0. The molecule has 0 unspecified atom stereocenters. The molecule has 10 heteroatoms. The zero-order chi connectivity index (χ0) is 19.8. The number of benzene rings is 1. The quantitative estimate of drug-likeness (QED) is 0.598. The van der Waals surface area contributed by atoms with Crippen molar-refractivity contribution in [1.29, 1.82) is 0 Å². The van der Waals surface area contributed by atoms with Gasteiger partial charge < -0.3 is 25.0 Å². The molecule has 1 aliphatic rings. The molecule has 3 heterocycles. The maximum atomic E-state index is 13.1. The molecule has 1 aromatic carbocycles. The molecule has 28 heavy (non-hydrogen) atoms. The lowest BCUT2D eigenvalue weighted by Crippen LogP contribution is -2.33. The van der Waals surface area contributed by atoms with Crippen LogP contribution in [0.4, 0.5) is 15.9 Å². The second-order valence-electron chi connectivity index (χ2n) is 6.58. The van der Waals surface area contributed by atoms with Gasteiger partial charge in [0.15, 0.2) is 23.2 Å². The lowest BCUT2D eigenvalue weighted by Gasteiger charge is -2.17. The highest BCUT2D eigenvalue weighted by Gasteiger charge is 2.44. The first-order valence-corrected chi connectivity index (χ1v) is 8.72. The minimum Gasteiger partial charge on any atom is -0.387 e. The summed E-state index contributed by atoms with van der Waals surface area (Å²) in [6.45, 7) is 1.87. The van der Waals surface area contributed by atoms with Crippen LogP contribution in [0.3, 0.4) is 0 Å². The molecule has 0 bridgehead atoms. The average Bonchev–Trinajstić information content (AvgIpc) is 3.20. The molecule has 1 fully saturated rings. The number of anilines is 2. The van der Waals surface area contributed by atoms with Crippen molar-refractivity contribution in [1.82, 2.24) is 19.5 Å². The number of nitrogens with zero attached hydrogens (tertiary/aromatic N) is 4. The van der Waals surface area contributed by atoms with Crippen molar-refractivity contribution in [2.45, 2.75) is 31.5 Å². The van der Waals surface area contributed by atoms with Crippen LogP contribution in [0.15, 0.2) is 30.6 Å². The van der Waals surface area contributed by atoms with E-state index in [-0.39, 0.29) is 12.4 Å². The van der Waals surface area contributed by atoms with Crippen molar-refractivity contribution in [3.05, 3.63) is 42.2 Å². The van der Waals surface area contributed by atoms with E-state index in [0.29, 0.717) is 28.5 Å². The Bertz CT molecular complexity index is 980. The Balaban J connectivity index is 1.70. The molecule has 0 radical (unpaired) electrons. The van der Waals surface area contributed by atoms with Crippen molar-refractivity contribution in [2.75, 3.05) is 19.0 Å². The number of aliphatic hydroxyl groups excluding tert-OH is 2. The first-order chi connectivity index (χ1) is 13.5. The Morgan fingerprint density at radius 1 is 1.21 bits per heavy atom. The number of ether oxygens (including phenoxy) is 2. The van der Waals surface area contributed by atoms with E-state index in [4.69, 9.17) is 9.47 Å². The molecule has 3 N–H and O–H groups in total. The summed E-state index contributed by atoms with van der Waals surface area (Å²) in [7, 11) is 1.49. The Labute approximate surface area is 159 Å². The summed E-state index contributed by atoms with van der Waals surface area (Å²) < 4.78 is 25.5. The summed E-state index contributed by atoms with van der Waals surface area (Å²) in [6, 6.07) is 5.86. The number of aromatic nitrogens is 4. The van der Waals surface area contributed by atoms with Crippen LogP contribution in [0.2, 0.25) is 0 Å². The third kappa shape index (κ3) is 3.31. The van der Waals surface area contributed by atoms with Crippen LogP contribution in [0.5, 0.6) is 0 Å². The monoisotopic (exact) mass is 389 g/mol. The van der Waals surface area contributed by atoms with Crippen molar-refractivity contribution in [3.8, 4) is 0 Å². The van der Waals surface area contributed by atoms with Gasteiger partial charge in [-0.1, -0.05) is 0 Å². The molecule has 148 valence electrons. The van der Waals surface area contributed by atoms with Gasteiger partial charge in [-0.3, -0.25) is 4.57 Å². The molecule has 4 rings (SSSR count). The van der Waals surface area contributed by atoms with E-state index >= 15 is 0 Å². The number of rotatable bonds is 5. The smallest absolute Gasteiger partial charge is 0.167 e. The van der Waals surface area contributed by atoms with Crippen LogP contribution in [0.1, 0.15) is 12.1 Å². The van der Waals surface area contributed by atoms with E-state index in [9.17, 15) is 14.6 Å². The van der Waals surface area contributed by atoms with Crippen LogP contribution < -0.4 is 5.32 Å². The fourth-order valence-electron chi connectivity index (χ4n) is 3.23. The molecule has 0 saturated carbocycles. The topological polar surface area (TPSA) is 115 Å². The van der Waals surface area contributed by atoms with Crippen LogP contribution in [-0.2, 0) is 9.47 Å². The molecule has 0 aliphatic carbocycles. The number of imidazole rings is 1. The van der Waals surface area contributed by atoms with Crippen LogP contribution in [-0.4, -0.2) is 61.8 Å². The summed E-state index contributed by atoms with van der Waals surface area (Å²) in [6.07, 6.45) is -2.32. The van der Waals surface area contributed by atoms with Gasteiger partial charge >= 0.3 is 0 Å². The number of aryl methyl sites for hydroxylation is 1. The van der Waals surface area contributed by atoms with Crippen molar-refractivity contribution in [2.24, 2.45) is 0 Å². The molecule has 3 aromatic rings. The highest BCUT2D eigenvalue weighted by molar-refractivity contribution is 5.85. The molecule has 9 nitrogen and oxygen atoms in total. The predicted molar refractivity (Wildman–Crippen MR) is 97.5 cm³/mol. The van der Waals surface area contributed by atoms with Gasteiger partial charge in [-0.25, -0.2) is 19.3 Å². The average molecular weight is 389 g/mol. The minimum atomic E-state index is -1.17. The molecule has 2 aromatic heterocycles. The standard InChI is InChI=1S/C18H20FN5O4/c1-9-21-16(23-11-5-3-10(19)4-6-11)13-17(22-9)24(8-20-13)18-15(26)14(25)12(28-18)7-27-2/h3-6,8,12,14-15,18,25-26H,7H2,1-2H3,(H,21,22,23)/t12-,14-,15-,18-/m1/s1. The Kier molecular flexibility index (Phi) is 4.94. The fraction of sp³-hybridized carbons (Fsp3) is 0.389. The van der Waals surface area contributed by atoms with Gasteiger partial charge in [0.1, 0.15) is 30.0 Å². The zero-order valence-electron chi connectivity index (χ0n) is 15.3. The van der Waals surface area contributed by atoms with E-state index in [1.807, 2.05) is 0 Å². The van der Waals surface area contributed by atoms with E-state index < -0.39 is 24.5 Å². The zero-order valence-corrected chi connectivity index (χ0v) is 15.3. The number of methoxy groups -OCH3 is 1. The normalized spacial score (nSPS) is 24.8. The predicted octanol–water partition coefficient (Wildman–Crippen LogP) is 1.28. The van der Waals surface area contributed by atoms with Crippen LogP contribution in [0.25, 0.3) is 11.2 Å². The van der Waals surface area contributed by atoms with Gasteiger partial charge in [-0.15, -0.1) is 0 Å². The van der Waals surface area contributed by atoms with E-state index in [1.165, 1.54) is 25.6 Å². The van der Waals surface area contributed by atoms with Crippen molar-refractivity contribution in [3.63, 3.8) is 0 Å². The Morgan fingerprint density at radius 2 is 1.96 bits per heavy atom. The summed E-state index contributed by atoms with van der Waals surface area (Å²) in [5.41, 5.74) is 1.53. The number of hydrogen-bond acceptors (Lipinski definition) is 8. The number of fused-ring (bicyclic) bond motifs is 1. The van der Waals surface area contributed by atoms with Crippen molar-refractivity contribution < 1.29 is 24.1 Å². The van der Waals surface area contributed by atoms with Gasteiger partial charge in [-0.2, -0.15) is 0 Å². The van der Waals surface area contributed by atoms with Gasteiger partial charge in [0.05, 0.1) is 12.9 Å². The lowest BCUT2D eigenvalue weighted by molar-refractivity contribution is -0.0580. The Morgan fingerprint density at radius 3 is 2.68 bits per heavy atom. The second-order valence-corrected chi connectivity index (χ2v) is 6.58. The Hall–Kier alpha value is -2.66. The molecular weight excluding hydrogens is 369 g/mol. The lowest BCUT2D eigenvalue weighted by atomic mass is 10.1. The highest BCUT2D eigenvalue weighted by atomic mass is 19.1. The number of hydrogen-bond donors (Lipinski definition) is 3. The molecular formula is C18H20FN5O4. The highest BCUT2D eigenvalue weighted by Crippen LogP contribution is 2.33. The molecule has 4 atom stereocenters. The van der Waals surface area contributed by atoms with E-state index in [0.717, 1.165) is 0 Å². The van der Waals surface area contributed by atoms with Crippen LogP contribution >= 0.6 is 0 Å². The second kappa shape index (κ2) is 7.40. The summed E-state index contributed by atoms with van der Waals surface area (Å²) in [4.78, 5) is 13.1. The first kappa shape index (κ1) is 18.7. The van der Waals surface area contributed by atoms with Gasteiger partial charge in [0.2, 0.25) is 0 Å². The van der Waals surface area contributed by atoms with Crippen molar-refractivity contribution >= 4 is 22.7 Å². The maximum absolute atomic E-state index is 13.1. The first-order valence-electron chi connectivity index (χ1n) is 8.72. The minimum absolute atomic E-state index is 0.146. The number of aliphatic hydroxyl groups is 2. The van der Waals surface area contributed by atoms with Gasteiger partial charge in [0, 0.05) is 12.8 Å². The van der Waals surface area contributed by atoms with Crippen LogP contribution in [0, 0.1) is 12.7 Å². The third-order valence-corrected chi connectivity index (χ3v) is 4.58. The largest absolute Gasteiger partial charge is 0.387 e. The SMILES string of the molecule is COC[C@H]1O[C@@H](n2cnc3c(Nc4ccc(F)cc4)nc(C)nc32)[C@H](O)[C@@H]1O. The van der Waals surface area contributed by atoms with Gasteiger partial charge in [0.25, 0.3) is 0 Å². The summed E-state index contributed by atoms with van der Waals surface area (Å²) in [5.74, 6) is 0.574. The molecule has 1 saturated heterocycles. The molecule has 0 spiro atoms. The molecule has 1 aliphatic heterocycles. The van der Waals surface area contributed by atoms with E-state index in [2.05, 4.69) is 20.3 Å². The third-order valence-electron chi connectivity index (χ3n) is 4.58. The maximum Gasteiger partial charge on any atom is 0.167 e. The fourth-order valence-corrected chi connectivity index (χ4v) is 3.23. The van der Waals surface area contributed by atoms with E-state index in [1.54, 1.807) is 23.6 Å². The number of nitrogens with one attached hydrogen (secondary N) is 1. The number of halogens is 1.